The Morgan fingerprint density at radius 2 is 2.18 bits per heavy atom. The number of rotatable bonds is 2. The minimum Gasteiger partial charge on any atom is -0.380 e. The number of hydrogen-bond acceptors (Lipinski definition) is 5. The third-order valence-electron chi connectivity index (χ3n) is 3.89. The number of nitrogens with one attached hydrogen (secondary N) is 1. The molecule has 94 valence electrons. The minimum absolute atomic E-state index is 0.0470. The lowest BCUT2D eigenvalue weighted by atomic mass is 9.89. The molecule has 1 aromatic rings. The van der Waals surface area contributed by atoms with E-state index in [0.717, 1.165) is 50.7 Å². The van der Waals surface area contributed by atoms with Crippen LogP contribution in [-0.4, -0.2) is 36.4 Å². The minimum atomic E-state index is -0.0470. The number of hydrogen-bond donors (Lipinski definition) is 1. The second-order valence-corrected chi connectivity index (χ2v) is 5.34. The SMILES string of the molecule is CC1(c2noc(C3CCNCC3)n2)CCOC1. The van der Waals surface area contributed by atoms with E-state index in [0.29, 0.717) is 12.5 Å². The Balaban J connectivity index is 1.77. The first-order valence-electron chi connectivity index (χ1n) is 6.40. The molecule has 2 aliphatic heterocycles. The fourth-order valence-electron chi connectivity index (χ4n) is 2.56. The predicted molar refractivity (Wildman–Crippen MR) is 61.9 cm³/mol. The monoisotopic (exact) mass is 237 g/mol. The molecule has 0 bridgehead atoms. The van der Waals surface area contributed by atoms with Gasteiger partial charge in [-0.2, -0.15) is 4.98 Å². The largest absolute Gasteiger partial charge is 0.380 e. The second kappa shape index (κ2) is 4.38. The van der Waals surface area contributed by atoms with Crippen LogP contribution in [-0.2, 0) is 10.2 Å². The lowest BCUT2D eigenvalue weighted by Crippen LogP contribution is -2.27. The summed E-state index contributed by atoms with van der Waals surface area (Å²) in [4.78, 5) is 4.60. The van der Waals surface area contributed by atoms with Crippen LogP contribution in [0.2, 0.25) is 0 Å². The highest BCUT2D eigenvalue weighted by Crippen LogP contribution is 2.32. The highest BCUT2D eigenvalue weighted by Gasteiger charge is 2.37. The average Bonchev–Trinajstić information content (AvgIpc) is 2.99. The molecule has 17 heavy (non-hydrogen) atoms. The Labute approximate surface area is 101 Å². The molecule has 0 aliphatic carbocycles. The molecule has 1 aromatic heterocycles. The van der Waals surface area contributed by atoms with Gasteiger partial charge in [-0.15, -0.1) is 0 Å². The molecular weight excluding hydrogens is 218 g/mol. The molecule has 1 unspecified atom stereocenters. The van der Waals surface area contributed by atoms with Crippen molar-refractivity contribution in [1.29, 1.82) is 0 Å². The molecule has 1 atom stereocenters. The third kappa shape index (κ3) is 2.09. The van der Waals surface area contributed by atoms with Crippen LogP contribution < -0.4 is 5.32 Å². The summed E-state index contributed by atoms with van der Waals surface area (Å²) in [6.45, 7) is 5.74. The smallest absolute Gasteiger partial charge is 0.229 e. The Kier molecular flexibility index (Phi) is 2.88. The van der Waals surface area contributed by atoms with Gasteiger partial charge in [0.1, 0.15) is 0 Å². The third-order valence-corrected chi connectivity index (χ3v) is 3.89. The van der Waals surface area contributed by atoms with Crippen molar-refractivity contribution < 1.29 is 9.26 Å². The zero-order valence-electron chi connectivity index (χ0n) is 10.2. The molecule has 0 saturated carbocycles. The van der Waals surface area contributed by atoms with Crippen LogP contribution in [0.3, 0.4) is 0 Å². The summed E-state index contributed by atoms with van der Waals surface area (Å²) >= 11 is 0. The molecule has 0 radical (unpaired) electrons. The normalized spacial score (nSPS) is 30.9. The fourth-order valence-corrected chi connectivity index (χ4v) is 2.56. The summed E-state index contributed by atoms with van der Waals surface area (Å²) in [5, 5.41) is 7.50. The van der Waals surface area contributed by atoms with Crippen LogP contribution in [0.4, 0.5) is 0 Å². The van der Waals surface area contributed by atoms with Gasteiger partial charge in [0.25, 0.3) is 0 Å². The number of aromatic nitrogens is 2. The summed E-state index contributed by atoms with van der Waals surface area (Å²) < 4.78 is 10.9. The number of ether oxygens (including phenoxy) is 1. The highest BCUT2D eigenvalue weighted by atomic mass is 16.5. The van der Waals surface area contributed by atoms with Crippen molar-refractivity contribution in [2.45, 2.75) is 37.5 Å². The molecule has 2 fully saturated rings. The Bertz CT molecular complexity index is 379. The molecule has 5 nitrogen and oxygen atoms in total. The average molecular weight is 237 g/mol. The van der Waals surface area contributed by atoms with Gasteiger partial charge in [0, 0.05) is 12.5 Å². The number of nitrogens with zero attached hydrogens (tertiary/aromatic N) is 2. The molecule has 3 heterocycles. The molecule has 3 rings (SSSR count). The van der Waals surface area contributed by atoms with E-state index in [4.69, 9.17) is 9.26 Å². The second-order valence-electron chi connectivity index (χ2n) is 5.34. The van der Waals surface area contributed by atoms with Crippen molar-refractivity contribution in [1.82, 2.24) is 15.5 Å². The topological polar surface area (TPSA) is 60.2 Å². The van der Waals surface area contributed by atoms with Crippen LogP contribution in [0.5, 0.6) is 0 Å². The molecular formula is C12H19N3O2. The van der Waals surface area contributed by atoms with Gasteiger partial charge in [-0.25, -0.2) is 0 Å². The Morgan fingerprint density at radius 3 is 2.88 bits per heavy atom. The van der Waals surface area contributed by atoms with Crippen LogP contribution in [0.25, 0.3) is 0 Å². The standard InChI is InChI=1S/C12H19N3O2/c1-12(4-7-16-8-12)11-14-10(17-15-11)9-2-5-13-6-3-9/h9,13H,2-8H2,1H3. The lowest BCUT2D eigenvalue weighted by Gasteiger charge is -2.19. The van der Waals surface area contributed by atoms with Gasteiger partial charge in [-0.1, -0.05) is 5.16 Å². The molecule has 0 amide bonds. The van der Waals surface area contributed by atoms with Crippen LogP contribution >= 0.6 is 0 Å². The quantitative estimate of drug-likeness (QED) is 0.838. The van der Waals surface area contributed by atoms with Crippen LogP contribution in [0.15, 0.2) is 4.52 Å². The van der Waals surface area contributed by atoms with Gasteiger partial charge in [0.05, 0.1) is 12.0 Å². The fraction of sp³-hybridized carbons (Fsp3) is 0.833. The van der Waals surface area contributed by atoms with E-state index in [1.54, 1.807) is 0 Å². The first-order valence-corrected chi connectivity index (χ1v) is 6.40. The van der Waals surface area contributed by atoms with Gasteiger partial charge in [-0.05, 0) is 39.3 Å². The summed E-state index contributed by atoms with van der Waals surface area (Å²) in [6, 6.07) is 0. The molecule has 2 saturated heterocycles. The van der Waals surface area contributed by atoms with E-state index < -0.39 is 0 Å². The summed E-state index contributed by atoms with van der Waals surface area (Å²) in [7, 11) is 0. The van der Waals surface area contributed by atoms with E-state index in [2.05, 4.69) is 22.4 Å². The van der Waals surface area contributed by atoms with Crippen molar-refractivity contribution in [2.24, 2.45) is 0 Å². The summed E-state index contributed by atoms with van der Waals surface area (Å²) in [6.07, 6.45) is 3.17. The van der Waals surface area contributed by atoms with Crippen molar-refractivity contribution in [3.8, 4) is 0 Å². The Hall–Kier alpha value is -0.940. The van der Waals surface area contributed by atoms with E-state index >= 15 is 0 Å². The maximum Gasteiger partial charge on any atom is 0.229 e. The van der Waals surface area contributed by atoms with Gasteiger partial charge in [0.2, 0.25) is 5.89 Å². The zero-order valence-corrected chi connectivity index (χ0v) is 10.2. The zero-order chi connectivity index (χ0) is 11.7. The number of piperidine rings is 1. The predicted octanol–water partition coefficient (Wildman–Crippen LogP) is 1.21. The van der Waals surface area contributed by atoms with E-state index in [1.165, 1.54) is 0 Å². The van der Waals surface area contributed by atoms with Gasteiger partial charge >= 0.3 is 0 Å². The van der Waals surface area contributed by atoms with Crippen molar-refractivity contribution >= 4 is 0 Å². The lowest BCUT2D eigenvalue weighted by molar-refractivity contribution is 0.178. The molecule has 5 heteroatoms. The van der Waals surface area contributed by atoms with Crippen LogP contribution in [0, 0.1) is 0 Å². The van der Waals surface area contributed by atoms with E-state index in [9.17, 15) is 0 Å². The van der Waals surface area contributed by atoms with Gasteiger partial charge < -0.3 is 14.6 Å². The molecule has 0 aromatic carbocycles. The summed E-state index contributed by atoms with van der Waals surface area (Å²) in [5.74, 6) is 2.07. The van der Waals surface area contributed by atoms with Gasteiger partial charge in [-0.3, -0.25) is 0 Å². The molecule has 1 N–H and O–H groups in total. The molecule has 2 aliphatic rings. The Morgan fingerprint density at radius 1 is 1.35 bits per heavy atom. The molecule has 0 spiro atoms. The highest BCUT2D eigenvalue weighted by molar-refractivity contribution is 5.08. The van der Waals surface area contributed by atoms with Crippen LogP contribution in [0.1, 0.15) is 43.8 Å². The first-order chi connectivity index (χ1) is 8.28. The van der Waals surface area contributed by atoms with E-state index in [-0.39, 0.29) is 5.41 Å². The van der Waals surface area contributed by atoms with Crippen molar-refractivity contribution in [3.63, 3.8) is 0 Å². The van der Waals surface area contributed by atoms with Crippen molar-refractivity contribution in [3.05, 3.63) is 11.7 Å². The van der Waals surface area contributed by atoms with E-state index in [1.807, 2.05) is 0 Å². The maximum absolute atomic E-state index is 5.44. The first kappa shape index (κ1) is 11.2. The summed E-state index contributed by atoms with van der Waals surface area (Å²) in [5.41, 5.74) is -0.0470. The maximum atomic E-state index is 5.44. The van der Waals surface area contributed by atoms with Crippen molar-refractivity contribution in [2.75, 3.05) is 26.3 Å². The van der Waals surface area contributed by atoms with Gasteiger partial charge in [0.15, 0.2) is 5.82 Å².